The second-order valence-corrected chi connectivity index (χ2v) is 7.44. The molecule has 0 bridgehead atoms. The van der Waals surface area contributed by atoms with E-state index in [2.05, 4.69) is 12.1 Å². The van der Waals surface area contributed by atoms with Gasteiger partial charge in [-0.3, -0.25) is 14.6 Å². The van der Waals surface area contributed by atoms with Gasteiger partial charge in [0.15, 0.2) is 5.78 Å². The zero-order chi connectivity index (χ0) is 19.7. The minimum atomic E-state index is -0.566. The SMILES string of the molecule is COC(=O)C1C(C)=NC2=C(C(=O)C[C@@H](c3ccccc3)C2)[C@@H]1c1ccccc1. The van der Waals surface area contributed by atoms with Crippen LogP contribution in [0.1, 0.15) is 42.7 Å². The van der Waals surface area contributed by atoms with E-state index in [9.17, 15) is 9.59 Å². The Hall–Kier alpha value is -3.01. The maximum Gasteiger partial charge on any atom is 0.315 e. The summed E-state index contributed by atoms with van der Waals surface area (Å²) in [5.74, 6) is -1.06. The van der Waals surface area contributed by atoms with Gasteiger partial charge in [0.05, 0.1) is 7.11 Å². The molecule has 0 aromatic heterocycles. The van der Waals surface area contributed by atoms with Gasteiger partial charge in [0.1, 0.15) is 5.92 Å². The fourth-order valence-corrected chi connectivity index (χ4v) is 4.47. The van der Waals surface area contributed by atoms with Crippen LogP contribution in [0.15, 0.2) is 76.9 Å². The first kappa shape index (κ1) is 18.4. The number of benzene rings is 2. The van der Waals surface area contributed by atoms with Crippen LogP contribution in [-0.2, 0) is 14.3 Å². The van der Waals surface area contributed by atoms with Crippen LogP contribution in [0, 0.1) is 5.92 Å². The number of carbonyl (C=O) groups is 2. The minimum absolute atomic E-state index is 0.0779. The molecule has 1 unspecified atom stereocenters. The molecule has 0 amide bonds. The van der Waals surface area contributed by atoms with Crippen molar-refractivity contribution in [3.63, 3.8) is 0 Å². The number of hydrogen-bond donors (Lipinski definition) is 0. The van der Waals surface area contributed by atoms with Crippen LogP contribution in [0.5, 0.6) is 0 Å². The maximum atomic E-state index is 13.3. The number of allylic oxidation sites excluding steroid dienone is 2. The summed E-state index contributed by atoms with van der Waals surface area (Å²) in [5.41, 5.74) is 4.31. The number of hydrogen-bond acceptors (Lipinski definition) is 4. The molecule has 2 aromatic carbocycles. The van der Waals surface area contributed by atoms with E-state index >= 15 is 0 Å². The van der Waals surface area contributed by atoms with Crippen molar-refractivity contribution in [2.45, 2.75) is 31.6 Å². The van der Waals surface area contributed by atoms with Crippen molar-refractivity contribution >= 4 is 17.5 Å². The Morgan fingerprint density at radius 1 is 0.964 bits per heavy atom. The smallest absolute Gasteiger partial charge is 0.315 e. The second kappa shape index (κ2) is 7.55. The van der Waals surface area contributed by atoms with Gasteiger partial charge in [0.25, 0.3) is 0 Å². The summed E-state index contributed by atoms with van der Waals surface area (Å²) in [5, 5.41) is 0. The van der Waals surface area contributed by atoms with Gasteiger partial charge in [-0.15, -0.1) is 0 Å². The van der Waals surface area contributed by atoms with E-state index in [4.69, 9.17) is 9.73 Å². The van der Waals surface area contributed by atoms with E-state index < -0.39 is 5.92 Å². The van der Waals surface area contributed by atoms with Gasteiger partial charge in [-0.2, -0.15) is 0 Å². The minimum Gasteiger partial charge on any atom is -0.468 e. The Morgan fingerprint density at radius 3 is 2.18 bits per heavy atom. The van der Waals surface area contributed by atoms with Gasteiger partial charge in [0, 0.05) is 29.3 Å². The molecule has 2 aromatic rings. The molecule has 4 nitrogen and oxygen atoms in total. The van der Waals surface area contributed by atoms with Crippen LogP contribution in [-0.4, -0.2) is 24.6 Å². The number of Topliss-reactive ketones (excluding diaryl/α,β-unsaturated/α-hetero) is 1. The zero-order valence-corrected chi connectivity index (χ0v) is 16.1. The van der Waals surface area contributed by atoms with Crippen molar-refractivity contribution in [2.75, 3.05) is 7.11 Å². The van der Waals surface area contributed by atoms with E-state index in [-0.39, 0.29) is 23.6 Å². The molecule has 0 saturated heterocycles. The van der Waals surface area contributed by atoms with Crippen molar-refractivity contribution in [3.8, 4) is 0 Å². The predicted molar refractivity (Wildman–Crippen MR) is 108 cm³/mol. The number of aliphatic imine (C=N–C) groups is 1. The molecule has 0 fully saturated rings. The number of methoxy groups -OCH3 is 1. The molecule has 0 spiro atoms. The van der Waals surface area contributed by atoms with Crippen LogP contribution < -0.4 is 0 Å². The first-order valence-corrected chi connectivity index (χ1v) is 9.59. The molecular formula is C24H23NO3. The fourth-order valence-electron chi connectivity index (χ4n) is 4.47. The highest BCUT2D eigenvalue weighted by atomic mass is 16.5. The lowest BCUT2D eigenvalue weighted by molar-refractivity contribution is -0.143. The van der Waals surface area contributed by atoms with E-state index in [1.807, 2.05) is 55.5 Å². The van der Waals surface area contributed by atoms with Gasteiger partial charge < -0.3 is 4.74 Å². The summed E-state index contributed by atoms with van der Waals surface area (Å²) in [7, 11) is 1.38. The first-order valence-electron chi connectivity index (χ1n) is 9.59. The van der Waals surface area contributed by atoms with Crippen LogP contribution >= 0.6 is 0 Å². The highest BCUT2D eigenvalue weighted by molar-refractivity contribution is 6.09. The van der Waals surface area contributed by atoms with Crippen LogP contribution in [0.3, 0.4) is 0 Å². The quantitative estimate of drug-likeness (QED) is 0.748. The maximum absolute atomic E-state index is 13.3. The van der Waals surface area contributed by atoms with Crippen LogP contribution in [0.4, 0.5) is 0 Å². The number of esters is 1. The van der Waals surface area contributed by atoms with Crippen molar-refractivity contribution in [2.24, 2.45) is 10.9 Å². The van der Waals surface area contributed by atoms with Crippen LogP contribution in [0.25, 0.3) is 0 Å². The van der Waals surface area contributed by atoms with Crippen molar-refractivity contribution in [1.29, 1.82) is 0 Å². The number of carbonyl (C=O) groups excluding carboxylic acids is 2. The molecular weight excluding hydrogens is 350 g/mol. The standard InChI is InChI=1S/C24H23NO3/c1-15-21(24(27)28-2)22(17-11-7-4-8-12-17)23-19(25-15)13-18(14-20(23)26)16-9-5-3-6-10-16/h3-12,18,21-22H,13-14H2,1-2H3/t18-,21?,22+/m0/s1. The van der Waals surface area contributed by atoms with E-state index in [0.29, 0.717) is 24.1 Å². The number of ether oxygens (including phenoxy) is 1. The molecule has 1 aliphatic carbocycles. The van der Waals surface area contributed by atoms with Crippen molar-refractivity contribution < 1.29 is 14.3 Å². The largest absolute Gasteiger partial charge is 0.468 e. The summed E-state index contributed by atoms with van der Waals surface area (Å²) < 4.78 is 5.06. The summed E-state index contributed by atoms with van der Waals surface area (Å²) in [6.07, 6.45) is 1.15. The summed E-state index contributed by atoms with van der Waals surface area (Å²) in [6, 6.07) is 19.9. The number of ketones is 1. The Bertz CT molecular complexity index is 960. The topological polar surface area (TPSA) is 55.7 Å². The average Bonchev–Trinajstić information content (AvgIpc) is 2.73. The normalized spacial score (nSPS) is 24.4. The lowest BCUT2D eigenvalue weighted by Crippen LogP contribution is -2.37. The Labute approximate surface area is 164 Å². The summed E-state index contributed by atoms with van der Waals surface area (Å²) in [6.45, 7) is 1.86. The number of rotatable bonds is 3. The molecule has 0 saturated carbocycles. The third-order valence-corrected chi connectivity index (χ3v) is 5.77. The molecule has 0 radical (unpaired) electrons. The van der Waals surface area contributed by atoms with Crippen LogP contribution in [0.2, 0.25) is 0 Å². The molecule has 4 rings (SSSR count). The summed E-state index contributed by atoms with van der Waals surface area (Å²) in [4.78, 5) is 30.6. The first-order chi connectivity index (χ1) is 13.6. The molecule has 2 aliphatic rings. The Morgan fingerprint density at radius 2 is 1.57 bits per heavy atom. The van der Waals surface area contributed by atoms with Gasteiger partial charge in [0.2, 0.25) is 0 Å². The Kier molecular flexibility index (Phi) is 4.95. The van der Waals surface area contributed by atoms with Gasteiger partial charge in [-0.1, -0.05) is 60.7 Å². The van der Waals surface area contributed by atoms with E-state index in [1.165, 1.54) is 7.11 Å². The molecule has 4 heteroatoms. The fraction of sp³-hybridized carbons (Fsp3) is 0.292. The summed E-state index contributed by atoms with van der Waals surface area (Å²) >= 11 is 0. The Balaban J connectivity index is 1.81. The van der Waals surface area contributed by atoms with Gasteiger partial charge >= 0.3 is 5.97 Å². The number of nitrogens with zero attached hydrogens (tertiary/aromatic N) is 1. The molecule has 0 N–H and O–H groups in total. The van der Waals surface area contributed by atoms with Crippen molar-refractivity contribution in [1.82, 2.24) is 0 Å². The third-order valence-electron chi connectivity index (χ3n) is 5.77. The molecule has 3 atom stereocenters. The van der Waals surface area contributed by atoms with Crippen molar-refractivity contribution in [3.05, 3.63) is 83.1 Å². The van der Waals surface area contributed by atoms with E-state index in [1.54, 1.807) is 0 Å². The third kappa shape index (κ3) is 3.19. The molecule has 1 aliphatic heterocycles. The molecule has 142 valence electrons. The highest BCUT2D eigenvalue weighted by Crippen LogP contribution is 2.46. The average molecular weight is 373 g/mol. The predicted octanol–water partition coefficient (Wildman–Crippen LogP) is 4.43. The zero-order valence-electron chi connectivity index (χ0n) is 16.1. The second-order valence-electron chi connectivity index (χ2n) is 7.44. The van der Waals surface area contributed by atoms with Gasteiger partial charge in [-0.05, 0) is 30.4 Å². The highest BCUT2D eigenvalue weighted by Gasteiger charge is 2.44. The monoisotopic (exact) mass is 373 g/mol. The lowest BCUT2D eigenvalue weighted by atomic mass is 9.69. The lowest BCUT2D eigenvalue weighted by Gasteiger charge is -2.36. The molecule has 28 heavy (non-hydrogen) atoms. The molecule has 1 heterocycles. The van der Waals surface area contributed by atoms with E-state index in [0.717, 1.165) is 16.8 Å². The van der Waals surface area contributed by atoms with Gasteiger partial charge in [-0.25, -0.2) is 0 Å².